The van der Waals surface area contributed by atoms with Gasteiger partial charge >= 0.3 is 0 Å². The molecule has 1 atom stereocenters. The first-order valence-corrected chi connectivity index (χ1v) is 8.09. The highest BCUT2D eigenvalue weighted by atomic mass is 32.2. The van der Waals surface area contributed by atoms with Crippen LogP contribution in [0.1, 0.15) is 30.1 Å². The summed E-state index contributed by atoms with van der Waals surface area (Å²) in [6, 6.07) is 6.25. The molecule has 0 saturated carbocycles. The highest BCUT2D eigenvalue weighted by Crippen LogP contribution is 2.23. The summed E-state index contributed by atoms with van der Waals surface area (Å²) in [4.78, 5) is 11.9. The predicted molar refractivity (Wildman–Crippen MR) is 75.2 cm³/mol. The van der Waals surface area contributed by atoms with E-state index in [-0.39, 0.29) is 16.8 Å². The second-order valence-corrected chi connectivity index (χ2v) is 6.75. The number of hydrogen-bond donors (Lipinski definition) is 0. The van der Waals surface area contributed by atoms with Crippen LogP contribution in [-0.2, 0) is 14.8 Å². The summed E-state index contributed by atoms with van der Waals surface area (Å²) in [7, 11) is -1.96. The number of carbonyl (C=O) groups excluding carboxylic acids is 1. The molecule has 1 aliphatic heterocycles. The maximum atomic E-state index is 12.5. The van der Waals surface area contributed by atoms with Crippen molar-refractivity contribution in [2.75, 3.05) is 20.2 Å². The van der Waals surface area contributed by atoms with Gasteiger partial charge in [-0.3, -0.25) is 4.79 Å². The number of rotatable bonds is 5. The summed E-state index contributed by atoms with van der Waals surface area (Å²) in [6.07, 6.45) is 1.01. The van der Waals surface area contributed by atoms with Crippen molar-refractivity contribution in [3.8, 4) is 0 Å². The van der Waals surface area contributed by atoms with Crippen LogP contribution in [0.2, 0.25) is 0 Å². The Bertz CT molecular complexity index is 597. The molecule has 1 saturated heterocycles. The fourth-order valence-electron chi connectivity index (χ4n) is 2.29. The molecule has 5 nitrogen and oxygen atoms in total. The Hall–Kier alpha value is -1.24. The fourth-order valence-corrected chi connectivity index (χ4v) is 3.82. The summed E-state index contributed by atoms with van der Waals surface area (Å²) < 4.78 is 31.6. The number of nitrogens with zero attached hydrogens (tertiary/aromatic N) is 1. The van der Waals surface area contributed by atoms with E-state index in [1.807, 2.05) is 0 Å². The van der Waals surface area contributed by atoms with Crippen LogP contribution in [0.5, 0.6) is 0 Å². The number of carbonyl (C=O) groups is 1. The second kappa shape index (κ2) is 6.03. The van der Waals surface area contributed by atoms with Gasteiger partial charge in [-0.05, 0) is 18.6 Å². The molecule has 0 radical (unpaired) electrons. The number of ether oxygens (including phenoxy) is 1. The van der Waals surface area contributed by atoms with Crippen LogP contribution in [0.3, 0.4) is 0 Å². The van der Waals surface area contributed by atoms with Crippen molar-refractivity contribution in [3.63, 3.8) is 0 Å². The molecule has 110 valence electrons. The van der Waals surface area contributed by atoms with E-state index in [4.69, 9.17) is 4.74 Å². The molecule has 1 aromatic rings. The van der Waals surface area contributed by atoms with Crippen LogP contribution in [-0.4, -0.2) is 44.8 Å². The van der Waals surface area contributed by atoms with Gasteiger partial charge in [0.2, 0.25) is 10.0 Å². The quantitative estimate of drug-likeness (QED) is 0.776. The fraction of sp³-hybridized carbons (Fsp3) is 0.500. The Labute approximate surface area is 119 Å². The summed E-state index contributed by atoms with van der Waals surface area (Å²) in [5.74, 6) is -0.0572. The molecule has 1 aromatic carbocycles. The molecule has 0 bridgehead atoms. The van der Waals surface area contributed by atoms with Gasteiger partial charge in [0.1, 0.15) is 0 Å². The van der Waals surface area contributed by atoms with Gasteiger partial charge in [-0.15, -0.1) is 0 Å². The van der Waals surface area contributed by atoms with Crippen molar-refractivity contribution in [2.24, 2.45) is 0 Å². The third-order valence-electron chi connectivity index (χ3n) is 3.56. The highest BCUT2D eigenvalue weighted by Gasteiger charge is 2.32. The number of ketones is 1. The van der Waals surface area contributed by atoms with Crippen LogP contribution in [0, 0.1) is 0 Å². The second-order valence-electron chi connectivity index (χ2n) is 4.81. The van der Waals surface area contributed by atoms with Crippen LogP contribution in [0.25, 0.3) is 0 Å². The molecular formula is C14H19NO4S. The average molecular weight is 297 g/mol. The standard InChI is InChI=1S/C14H19NO4S/c1-3-14(16)11-5-4-6-13(9-11)20(17,18)15-8-7-12(10-15)19-2/h4-6,9,12H,3,7-8,10H2,1-2H3. The van der Waals surface area contributed by atoms with E-state index in [1.54, 1.807) is 26.2 Å². The minimum atomic E-state index is -3.54. The van der Waals surface area contributed by atoms with Crippen molar-refractivity contribution in [1.29, 1.82) is 0 Å². The van der Waals surface area contributed by atoms with Crippen molar-refractivity contribution in [1.82, 2.24) is 4.31 Å². The molecule has 1 heterocycles. The molecule has 0 N–H and O–H groups in total. The molecule has 1 unspecified atom stereocenters. The Morgan fingerprint density at radius 3 is 2.80 bits per heavy atom. The number of sulfonamides is 1. The van der Waals surface area contributed by atoms with E-state index in [9.17, 15) is 13.2 Å². The van der Waals surface area contributed by atoms with Gasteiger partial charge in [-0.2, -0.15) is 4.31 Å². The molecule has 6 heteroatoms. The minimum absolute atomic E-state index is 0.0507. The maximum absolute atomic E-state index is 12.5. The van der Waals surface area contributed by atoms with E-state index in [2.05, 4.69) is 0 Å². The van der Waals surface area contributed by atoms with Crippen molar-refractivity contribution >= 4 is 15.8 Å². The largest absolute Gasteiger partial charge is 0.380 e. The third kappa shape index (κ3) is 2.92. The van der Waals surface area contributed by atoms with Gasteiger partial charge in [0.05, 0.1) is 11.0 Å². The third-order valence-corrected chi connectivity index (χ3v) is 5.42. The normalized spacial score (nSPS) is 20.2. The van der Waals surface area contributed by atoms with Gasteiger partial charge in [-0.25, -0.2) is 8.42 Å². The lowest BCUT2D eigenvalue weighted by Gasteiger charge is -2.16. The first kappa shape index (κ1) is 15.2. The lowest BCUT2D eigenvalue weighted by atomic mass is 10.1. The van der Waals surface area contributed by atoms with Crippen molar-refractivity contribution in [3.05, 3.63) is 29.8 Å². The molecule has 1 fully saturated rings. The first-order chi connectivity index (χ1) is 9.48. The Kier molecular flexibility index (Phi) is 4.57. The van der Waals surface area contributed by atoms with Crippen LogP contribution >= 0.6 is 0 Å². The number of Topliss-reactive ketones (excluding diaryl/α,β-unsaturated/α-hetero) is 1. The smallest absolute Gasteiger partial charge is 0.243 e. The van der Waals surface area contributed by atoms with E-state index < -0.39 is 10.0 Å². The zero-order valence-corrected chi connectivity index (χ0v) is 12.5. The number of benzene rings is 1. The molecule has 0 aromatic heterocycles. The van der Waals surface area contributed by atoms with E-state index in [0.717, 1.165) is 0 Å². The number of hydrogen-bond acceptors (Lipinski definition) is 4. The van der Waals surface area contributed by atoms with Crippen LogP contribution < -0.4 is 0 Å². The predicted octanol–water partition coefficient (Wildman–Crippen LogP) is 1.69. The van der Waals surface area contributed by atoms with E-state index in [1.165, 1.54) is 16.4 Å². The summed E-state index contributed by atoms with van der Waals surface area (Å²) >= 11 is 0. The molecule has 1 aliphatic rings. The van der Waals surface area contributed by atoms with Crippen LogP contribution in [0.15, 0.2) is 29.2 Å². The molecule has 20 heavy (non-hydrogen) atoms. The lowest BCUT2D eigenvalue weighted by molar-refractivity contribution is 0.0988. The maximum Gasteiger partial charge on any atom is 0.243 e. The lowest BCUT2D eigenvalue weighted by Crippen LogP contribution is -2.30. The van der Waals surface area contributed by atoms with E-state index in [0.29, 0.717) is 31.5 Å². The van der Waals surface area contributed by atoms with Crippen molar-refractivity contribution < 1.29 is 17.9 Å². The highest BCUT2D eigenvalue weighted by molar-refractivity contribution is 7.89. The Morgan fingerprint density at radius 1 is 1.45 bits per heavy atom. The van der Waals surface area contributed by atoms with E-state index >= 15 is 0 Å². The zero-order chi connectivity index (χ0) is 14.8. The van der Waals surface area contributed by atoms with Crippen LogP contribution in [0.4, 0.5) is 0 Å². The topological polar surface area (TPSA) is 63.7 Å². The number of methoxy groups -OCH3 is 1. The summed E-state index contributed by atoms with van der Waals surface area (Å²) in [5.41, 5.74) is 0.441. The summed E-state index contributed by atoms with van der Waals surface area (Å²) in [6.45, 7) is 2.57. The first-order valence-electron chi connectivity index (χ1n) is 6.65. The Balaban J connectivity index is 2.28. The van der Waals surface area contributed by atoms with Gasteiger partial charge in [0.15, 0.2) is 5.78 Å². The summed E-state index contributed by atoms with van der Waals surface area (Å²) in [5, 5.41) is 0. The molecule has 2 rings (SSSR count). The monoisotopic (exact) mass is 297 g/mol. The van der Waals surface area contributed by atoms with Gasteiger partial charge in [0.25, 0.3) is 0 Å². The molecule has 0 aliphatic carbocycles. The minimum Gasteiger partial charge on any atom is -0.380 e. The average Bonchev–Trinajstić information content (AvgIpc) is 2.96. The van der Waals surface area contributed by atoms with Gasteiger partial charge < -0.3 is 4.74 Å². The molecule has 0 spiro atoms. The van der Waals surface area contributed by atoms with Crippen molar-refractivity contribution in [2.45, 2.75) is 30.8 Å². The molecular weight excluding hydrogens is 278 g/mol. The SMILES string of the molecule is CCC(=O)c1cccc(S(=O)(=O)N2CCC(OC)C2)c1. The van der Waals surface area contributed by atoms with Gasteiger partial charge in [0, 0.05) is 32.2 Å². The zero-order valence-electron chi connectivity index (χ0n) is 11.7. The molecule has 0 amide bonds. The Morgan fingerprint density at radius 2 is 2.20 bits per heavy atom. The van der Waals surface area contributed by atoms with Gasteiger partial charge in [-0.1, -0.05) is 19.1 Å².